The van der Waals surface area contributed by atoms with E-state index in [9.17, 15) is 18.5 Å². The number of anilines is 1. The summed E-state index contributed by atoms with van der Waals surface area (Å²) in [6.45, 7) is 8.83. The van der Waals surface area contributed by atoms with E-state index in [4.69, 9.17) is 11.6 Å². The normalized spacial score (nSPS) is 15.6. The first-order valence-electron chi connectivity index (χ1n) is 9.56. The standard InChI is InChI=1S/C19H24ClN5O4S/c1-12(2)19-21-13(3)9-18(22-19)23-5-7-24(8-6-23)30(28,29)15-10-16(20)14(4)17(11-15)25(26)27/h9-12H,5-8H2,1-4H3. The number of hydrogen-bond acceptors (Lipinski definition) is 7. The molecule has 1 aromatic heterocycles. The molecule has 1 fully saturated rings. The first kappa shape index (κ1) is 22.4. The van der Waals surface area contributed by atoms with Crippen LogP contribution >= 0.6 is 11.6 Å². The number of nitro groups is 1. The minimum absolute atomic E-state index is 0.0547. The van der Waals surface area contributed by atoms with Gasteiger partial charge in [0.15, 0.2) is 0 Å². The SMILES string of the molecule is Cc1cc(N2CCN(S(=O)(=O)c3cc(Cl)c(C)c([N+](=O)[O-])c3)CC2)nc(C(C)C)n1. The Labute approximate surface area is 180 Å². The second-order valence-electron chi connectivity index (χ2n) is 7.58. The molecule has 0 unspecified atom stereocenters. The lowest BCUT2D eigenvalue weighted by Gasteiger charge is -2.35. The summed E-state index contributed by atoms with van der Waals surface area (Å²) in [6.07, 6.45) is 0. The van der Waals surface area contributed by atoms with Crippen LogP contribution in [0.1, 0.15) is 36.8 Å². The van der Waals surface area contributed by atoms with Gasteiger partial charge in [-0.2, -0.15) is 4.31 Å². The molecule has 0 spiro atoms. The molecule has 2 heterocycles. The Bertz CT molecular complexity index is 1080. The molecule has 2 aromatic rings. The summed E-state index contributed by atoms with van der Waals surface area (Å²) in [5, 5.41) is 11.3. The van der Waals surface area contributed by atoms with Gasteiger partial charge >= 0.3 is 0 Å². The van der Waals surface area contributed by atoms with E-state index < -0.39 is 14.9 Å². The molecule has 0 radical (unpaired) electrons. The highest BCUT2D eigenvalue weighted by Crippen LogP contribution is 2.31. The number of hydrogen-bond donors (Lipinski definition) is 0. The number of nitrogens with zero attached hydrogens (tertiary/aromatic N) is 5. The first-order valence-corrected chi connectivity index (χ1v) is 11.4. The van der Waals surface area contributed by atoms with Crippen molar-refractivity contribution in [3.63, 3.8) is 0 Å². The van der Waals surface area contributed by atoms with Crippen LogP contribution in [0, 0.1) is 24.0 Å². The van der Waals surface area contributed by atoms with Crippen molar-refractivity contribution in [3.05, 3.63) is 50.4 Å². The van der Waals surface area contributed by atoms with Crippen LogP contribution in [0.25, 0.3) is 0 Å². The fourth-order valence-electron chi connectivity index (χ4n) is 3.28. The highest BCUT2D eigenvalue weighted by molar-refractivity contribution is 7.89. The molecule has 1 aliphatic heterocycles. The topological polar surface area (TPSA) is 110 Å². The van der Waals surface area contributed by atoms with Crippen molar-refractivity contribution in [2.45, 2.75) is 38.5 Å². The molecule has 162 valence electrons. The third-order valence-corrected chi connectivity index (χ3v) is 7.33. The zero-order chi connectivity index (χ0) is 22.2. The van der Waals surface area contributed by atoms with Crippen LogP contribution in [-0.2, 0) is 10.0 Å². The van der Waals surface area contributed by atoms with E-state index in [1.54, 1.807) is 0 Å². The van der Waals surface area contributed by atoms with Crippen LogP contribution in [-0.4, -0.2) is 53.8 Å². The number of benzene rings is 1. The minimum Gasteiger partial charge on any atom is -0.354 e. The summed E-state index contributed by atoms with van der Waals surface area (Å²) in [4.78, 5) is 21.5. The lowest BCUT2D eigenvalue weighted by molar-refractivity contribution is -0.385. The Balaban J connectivity index is 1.82. The molecule has 3 rings (SSSR count). The van der Waals surface area contributed by atoms with Crippen molar-refractivity contribution in [1.29, 1.82) is 0 Å². The molecular formula is C19H24ClN5O4S. The van der Waals surface area contributed by atoms with Crippen LogP contribution in [0.3, 0.4) is 0 Å². The number of sulfonamides is 1. The Hall–Kier alpha value is -2.30. The zero-order valence-corrected chi connectivity index (χ0v) is 18.9. The van der Waals surface area contributed by atoms with Crippen molar-refractivity contribution in [1.82, 2.24) is 14.3 Å². The van der Waals surface area contributed by atoms with Gasteiger partial charge in [0, 0.05) is 55.5 Å². The number of halogens is 1. The quantitative estimate of drug-likeness (QED) is 0.504. The van der Waals surface area contributed by atoms with E-state index in [-0.39, 0.29) is 40.2 Å². The predicted molar refractivity (Wildman–Crippen MR) is 115 cm³/mol. The van der Waals surface area contributed by atoms with Crippen molar-refractivity contribution in [3.8, 4) is 0 Å². The summed E-state index contributed by atoms with van der Waals surface area (Å²) < 4.78 is 27.5. The van der Waals surface area contributed by atoms with Crippen molar-refractivity contribution in [2.24, 2.45) is 0 Å². The van der Waals surface area contributed by atoms with E-state index in [2.05, 4.69) is 9.97 Å². The summed E-state index contributed by atoms with van der Waals surface area (Å²) >= 11 is 6.06. The second kappa shape index (κ2) is 8.44. The average Bonchev–Trinajstić information content (AvgIpc) is 2.69. The van der Waals surface area contributed by atoms with Gasteiger partial charge in [-0.25, -0.2) is 18.4 Å². The fourth-order valence-corrected chi connectivity index (χ4v) is 5.03. The van der Waals surface area contributed by atoms with Gasteiger partial charge in [-0.05, 0) is 19.9 Å². The molecule has 0 N–H and O–H groups in total. The summed E-state index contributed by atoms with van der Waals surface area (Å²) in [6, 6.07) is 4.24. The van der Waals surface area contributed by atoms with Crippen molar-refractivity contribution in [2.75, 3.05) is 31.1 Å². The molecule has 0 amide bonds. The zero-order valence-electron chi connectivity index (χ0n) is 17.3. The summed E-state index contributed by atoms with van der Waals surface area (Å²) in [5.41, 5.74) is 0.795. The van der Waals surface area contributed by atoms with E-state index in [0.29, 0.717) is 13.1 Å². The van der Waals surface area contributed by atoms with Crippen LogP contribution < -0.4 is 4.90 Å². The second-order valence-corrected chi connectivity index (χ2v) is 9.92. The first-order chi connectivity index (χ1) is 14.0. The van der Waals surface area contributed by atoms with E-state index in [1.165, 1.54) is 17.3 Å². The van der Waals surface area contributed by atoms with Crippen molar-refractivity contribution >= 4 is 33.1 Å². The highest BCUT2D eigenvalue weighted by Gasteiger charge is 2.31. The van der Waals surface area contributed by atoms with E-state index in [1.807, 2.05) is 31.7 Å². The van der Waals surface area contributed by atoms with Gasteiger partial charge < -0.3 is 4.90 Å². The maximum atomic E-state index is 13.1. The molecular weight excluding hydrogens is 430 g/mol. The molecule has 30 heavy (non-hydrogen) atoms. The summed E-state index contributed by atoms with van der Waals surface area (Å²) in [7, 11) is -3.91. The fraction of sp³-hybridized carbons (Fsp3) is 0.474. The number of piperazine rings is 1. The lowest BCUT2D eigenvalue weighted by Crippen LogP contribution is -2.49. The Kier molecular flexibility index (Phi) is 6.30. The minimum atomic E-state index is -3.91. The molecule has 1 aromatic carbocycles. The number of nitro benzene ring substituents is 1. The largest absolute Gasteiger partial charge is 0.354 e. The van der Waals surface area contributed by atoms with Gasteiger partial charge in [-0.1, -0.05) is 25.4 Å². The molecule has 0 bridgehead atoms. The summed E-state index contributed by atoms with van der Waals surface area (Å²) in [5.74, 6) is 1.71. The third-order valence-electron chi connectivity index (χ3n) is 5.06. The molecule has 11 heteroatoms. The highest BCUT2D eigenvalue weighted by atomic mass is 35.5. The Morgan fingerprint density at radius 3 is 2.30 bits per heavy atom. The Morgan fingerprint density at radius 1 is 1.10 bits per heavy atom. The molecule has 1 saturated heterocycles. The maximum absolute atomic E-state index is 13.1. The van der Waals surface area contributed by atoms with Gasteiger partial charge in [0.25, 0.3) is 5.69 Å². The van der Waals surface area contributed by atoms with Gasteiger partial charge in [-0.3, -0.25) is 10.1 Å². The maximum Gasteiger partial charge on any atom is 0.275 e. The average molecular weight is 454 g/mol. The van der Waals surface area contributed by atoms with E-state index in [0.717, 1.165) is 23.4 Å². The molecule has 0 saturated carbocycles. The predicted octanol–water partition coefficient (Wildman–Crippen LogP) is 3.29. The van der Waals surface area contributed by atoms with Gasteiger partial charge in [-0.15, -0.1) is 0 Å². The van der Waals surface area contributed by atoms with Gasteiger partial charge in [0.2, 0.25) is 10.0 Å². The third kappa shape index (κ3) is 4.40. The van der Waals surface area contributed by atoms with Crippen LogP contribution in [0.4, 0.5) is 11.5 Å². The molecule has 0 aliphatic carbocycles. The van der Waals surface area contributed by atoms with Crippen LogP contribution in [0.2, 0.25) is 5.02 Å². The van der Waals surface area contributed by atoms with Gasteiger partial charge in [0.05, 0.1) is 14.8 Å². The number of rotatable bonds is 5. The van der Waals surface area contributed by atoms with Crippen LogP contribution in [0.15, 0.2) is 23.1 Å². The number of aromatic nitrogens is 2. The van der Waals surface area contributed by atoms with E-state index >= 15 is 0 Å². The van der Waals surface area contributed by atoms with Crippen molar-refractivity contribution < 1.29 is 13.3 Å². The molecule has 0 atom stereocenters. The smallest absolute Gasteiger partial charge is 0.275 e. The monoisotopic (exact) mass is 453 g/mol. The Morgan fingerprint density at radius 2 is 1.73 bits per heavy atom. The lowest BCUT2D eigenvalue weighted by atomic mass is 10.2. The van der Waals surface area contributed by atoms with Crippen LogP contribution in [0.5, 0.6) is 0 Å². The van der Waals surface area contributed by atoms with Gasteiger partial charge in [0.1, 0.15) is 11.6 Å². The molecule has 9 nitrogen and oxygen atoms in total. The molecule has 1 aliphatic rings. The number of aryl methyl sites for hydroxylation is 1.